The van der Waals surface area contributed by atoms with Crippen molar-refractivity contribution in [3.05, 3.63) is 17.5 Å². The van der Waals surface area contributed by atoms with Gasteiger partial charge in [-0.25, -0.2) is 0 Å². The second kappa shape index (κ2) is 3.12. The summed E-state index contributed by atoms with van der Waals surface area (Å²) in [5, 5.41) is 12.4. The summed E-state index contributed by atoms with van der Waals surface area (Å²) in [6.07, 6.45) is 0. The van der Waals surface area contributed by atoms with Crippen molar-refractivity contribution in [2.24, 2.45) is 0 Å². The van der Waals surface area contributed by atoms with Gasteiger partial charge in [0.1, 0.15) is 5.75 Å². The number of fused-ring (bicyclic) bond motifs is 1. The molecule has 2 rings (SSSR count). The van der Waals surface area contributed by atoms with Gasteiger partial charge in [-0.2, -0.15) is 0 Å². The second-order valence-corrected chi connectivity index (χ2v) is 3.98. The van der Waals surface area contributed by atoms with Crippen LogP contribution in [-0.2, 0) is 0 Å². The quantitative estimate of drug-likeness (QED) is 0.712. The maximum atomic E-state index is 9.50. The Bertz CT molecular complexity index is 448. The number of hydrogen-bond acceptors (Lipinski definition) is 4. The van der Waals surface area contributed by atoms with Crippen LogP contribution < -0.4 is 4.74 Å². The first-order valence-electron chi connectivity index (χ1n) is 3.70. The van der Waals surface area contributed by atoms with E-state index in [0.717, 1.165) is 10.1 Å². The third-order valence-electron chi connectivity index (χ3n) is 1.86. The van der Waals surface area contributed by atoms with Gasteiger partial charge in [-0.05, 0) is 22.9 Å². The number of benzene rings is 1. The Morgan fingerprint density at radius 3 is 3.00 bits per heavy atom. The fraction of sp³-hybridized carbons (Fsp3) is 0.111. The molecule has 1 aromatic carbocycles. The van der Waals surface area contributed by atoms with E-state index in [9.17, 15) is 5.11 Å². The predicted octanol–water partition coefficient (Wildman–Crippen LogP) is 2.90. The van der Waals surface area contributed by atoms with Gasteiger partial charge < -0.3 is 9.84 Å². The molecule has 13 heavy (non-hydrogen) atoms. The average Bonchev–Trinajstić information content (AvgIpc) is 2.54. The zero-order chi connectivity index (χ0) is 9.42. The van der Waals surface area contributed by atoms with Gasteiger partial charge in [0.15, 0.2) is 5.75 Å². The number of thiophene rings is 1. The molecule has 0 aliphatic rings. The highest BCUT2D eigenvalue weighted by molar-refractivity contribution is 7.80. The minimum atomic E-state index is 0.158. The molecule has 0 spiro atoms. The van der Waals surface area contributed by atoms with Crippen molar-refractivity contribution in [2.45, 2.75) is 4.90 Å². The number of phenolic OH excluding ortho intramolecular Hbond substituents is 1. The first kappa shape index (κ1) is 8.72. The van der Waals surface area contributed by atoms with Crippen LogP contribution in [0.25, 0.3) is 10.1 Å². The van der Waals surface area contributed by atoms with Crippen LogP contribution in [0.2, 0.25) is 0 Å². The van der Waals surface area contributed by atoms with Gasteiger partial charge in [0, 0.05) is 0 Å². The van der Waals surface area contributed by atoms with Crippen LogP contribution in [0.4, 0.5) is 0 Å². The monoisotopic (exact) mass is 212 g/mol. The number of aromatic hydroxyl groups is 1. The van der Waals surface area contributed by atoms with E-state index in [0.29, 0.717) is 10.6 Å². The van der Waals surface area contributed by atoms with Crippen molar-refractivity contribution in [2.75, 3.05) is 7.11 Å². The summed E-state index contributed by atoms with van der Waals surface area (Å²) in [6.45, 7) is 0. The number of ether oxygens (including phenoxy) is 1. The number of hydrogen-bond donors (Lipinski definition) is 2. The number of rotatable bonds is 1. The van der Waals surface area contributed by atoms with Gasteiger partial charge in [0.05, 0.1) is 16.7 Å². The third-order valence-corrected chi connectivity index (χ3v) is 3.22. The van der Waals surface area contributed by atoms with E-state index < -0.39 is 0 Å². The highest BCUT2D eigenvalue weighted by atomic mass is 32.1. The van der Waals surface area contributed by atoms with Gasteiger partial charge in [0.25, 0.3) is 0 Å². The van der Waals surface area contributed by atoms with E-state index >= 15 is 0 Å². The van der Waals surface area contributed by atoms with Gasteiger partial charge in [-0.15, -0.1) is 24.0 Å². The fourth-order valence-corrected chi connectivity index (χ4v) is 2.50. The maximum Gasteiger partial charge on any atom is 0.153 e. The van der Waals surface area contributed by atoms with Crippen LogP contribution in [0.5, 0.6) is 11.5 Å². The Kier molecular flexibility index (Phi) is 2.09. The van der Waals surface area contributed by atoms with Crippen LogP contribution in [0, 0.1) is 0 Å². The van der Waals surface area contributed by atoms with Crippen molar-refractivity contribution >= 4 is 34.1 Å². The zero-order valence-electron chi connectivity index (χ0n) is 6.94. The first-order chi connectivity index (χ1) is 6.24. The first-order valence-corrected chi connectivity index (χ1v) is 5.03. The molecule has 2 aromatic rings. The third kappa shape index (κ3) is 1.26. The molecule has 0 radical (unpaired) electrons. The molecule has 1 aromatic heterocycles. The SMILES string of the molecule is COc1c(S)c(O)cc2ccsc12. The molecule has 0 fully saturated rings. The fourth-order valence-electron chi connectivity index (χ4n) is 1.25. The molecule has 0 bridgehead atoms. The lowest BCUT2D eigenvalue weighted by Gasteiger charge is -2.06. The minimum absolute atomic E-state index is 0.158. The van der Waals surface area contributed by atoms with Crippen molar-refractivity contribution in [1.29, 1.82) is 0 Å². The molecular weight excluding hydrogens is 204 g/mol. The van der Waals surface area contributed by atoms with Crippen molar-refractivity contribution < 1.29 is 9.84 Å². The molecular formula is C9H8O2S2. The lowest BCUT2D eigenvalue weighted by atomic mass is 10.2. The lowest BCUT2D eigenvalue weighted by Crippen LogP contribution is -1.85. The summed E-state index contributed by atoms with van der Waals surface area (Å²) >= 11 is 5.75. The molecule has 0 saturated carbocycles. The maximum absolute atomic E-state index is 9.50. The van der Waals surface area contributed by atoms with Crippen LogP contribution in [0.1, 0.15) is 0 Å². The molecule has 4 heteroatoms. The molecule has 2 nitrogen and oxygen atoms in total. The Balaban J connectivity index is 2.87. The normalized spacial score (nSPS) is 10.6. The Labute approximate surface area is 85.2 Å². The number of phenols is 1. The largest absolute Gasteiger partial charge is 0.507 e. The summed E-state index contributed by atoms with van der Waals surface area (Å²) < 4.78 is 6.19. The summed E-state index contributed by atoms with van der Waals surface area (Å²) in [4.78, 5) is 0.498. The highest BCUT2D eigenvalue weighted by Crippen LogP contribution is 2.41. The summed E-state index contributed by atoms with van der Waals surface area (Å²) in [5.74, 6) is 0.805. The zero-order valence-corrected chi connectivity index (χ0v) is 8.65. The van der Waals surface area contributed by atoms with Gasteiger partial charge >= 0.3 is 0 Å². The predicted molar refractivity (Wildman–Crippen MR) is 57.3 cm³/mol. The summed E-state index contributed by atoms with van der Waals surface area (Å²) in [6, 6.07) is 3.63. The molecule has 1 N–H and O–H groups in total. The standard InChI is InChI=1S/C9H8O2S2/c1-11-7-8(12)6(10)4-5-2-3-13-9(5)7/h2-4,10,12H,1H3. The second-order valence-electron chi connectivity index (χ2n) is 2.62. The molecule has 0 amide bonds. The van der Waals surface area contributed by atoms with E-state index in [2.05, 4.69) is 12.6 Å². The Morgan fingerprint density at radius 2 is 2.31 bits per heavy atom. The van der Waals surface area contributed by atoms with Gasteiger partial charge in [0.2, 0.25) is 0 Å². The van der Waals surface area contributed by atoms with E-state index in [1.807, 2.05) is 11.4 Å². The molecule has 0 atom stereocenters. The molecule has 0 unspecified atom stereocenters. The van der Waals surface area contributed by atoms with Crippen LogP contribution in [0.15, 0.2) is 22.4 Å². The van der Waals surface area contributed by atoms with E-state index in [1.54, 1.807) is 24.5 Å². The average molecular weight is 212 g/mol. The topological polar surface area (TPSA) is 29.5 Å². The van der Waals surface area contributed by atoms with Gasteiger partial charge in [-0.3, -0.25) is 0 Å². The summed E-state index contributed by atoms with van der Waals surface area (Å²) in [7, 11) is 1.58. The van der Waals surface area contributed by atoms with E-state index in [1.165, 1.54) is 0 Å². The van der Waals surface area contributed by atoms with Crippen LogP contribution in [-0.4, -0.2) is 12.2 Å². The number of thiol groups is 1. The van der Waals surface area contributed by atoms with Crippen molar-refractivity contribution in [3.8, 4) is 11.5 Å². The highest BCUT2D eigenvalue weighted by Gasteiger charge is 2.11. The van der Waals surface area contributed by atoms with Crippen LogP contribution in [0.3, 0.4) is 0 Å². The minimum Gasteiger partial charge on any atom is -0.507 e. The lowest BCUT2D eigenvalue weighted by molar-refractivity contribution is 0.398. The Morgan fingerprint density at radius 1 is 1.54 bits per heavy atom. The molecule has 1 heterocycles. The molecule has 68 valence electrons. The van der Waals surface area contributed by atoms with Crippen molar-refractivity contribution in [3.63, 3.8) is 0 Å². The smallest absolute Gasteiger partial charge is 0.153 e. The molecule has 0 aliphatic carbocycles. The molecule has 0 saturated heterocycles. The number of methoxy groups -OCH3 is 1. The van der Waals surface area contributed by atoms with Crippen molar-refractivity contribution in [1.82, 2.24) is 0 Å². The Hall–Kier alpha value is -0.870. The molecule has 0 aliphatic heterocycles. The van der Waals surface area contributed by atoms with E-state index in [-0.39, 0.29) is 5.75 Å². The summed E-state index contributed by atoms with van der Waals surface area (Å²) in [5.41, 5.74) is 0. The van der Waals surface area contributed by atoms with E-state index in [4.69, 9.17) is 4.74 Å². The van der Waals surface area contributed by atoms with Gasteiger partial charge in [-0.1, -0.05) is 0 Å². The van der Waals surface area contributed by atoms with Crippen LogP contribution >= 0.6 is 24.0 Å².